The molecule has 1 rings (SSSR count). The SMILES string of the molecule is Cc1cc(C(C)(C)C)cc(C)c1C(=O)CN. The Morgan fingerprint density at radius 1 is 1.19 bits per heavy atom. The molecule has 0 radical (unpaired) electrons. The van der Waals surface area contributed by atoms with Crippen LogP contribution < -0.4 is 5.73 Å². The van der Waals surface area contributed by atoms with Gasteiger partial charge in [-0.05, 0) is 36.0 Å². The van der Waals surface area contributed by atoms with E-state index in [1.807, 2.05) is 13.8 Å². The molecular weight excluding hydrogens is 198 g/mol. The van der Waals surface area contributed by atoms with E-state index in [0.29, 0.717) is 0 Å². The predicted molar refractivity (Wildman–Crippen MR) is 68.0 cm³/mol. The van der Waals surface area contributed by atoms with Crippen LogP contribution in [0.3, 0.4) is 0 Å². The normalized spacial score (nSPS) is 11.6. The van der Waals surface area contributed by atoms with Crippen LogP contribution in [0.1, 0.15) is 47.8 Å². The highest BCUT2D eigenvalue weighted by Gasteiger charge is 2.18. The summed E-state index contributed by atoms with van der Waals surface area (Å²) in [6.45, 7) is 10.6. The third-order valence-electron chi connectivity index (χ3n) is 2.86. The van der Waals surface area contributed by atoms with E-state index >= 15 is 0 Å². The quantitative estimate of drug-likeness (QED) is 0.777. The fourth-order valence-corrected chi connectivity index (χ4v) is 1.94. The minimum Gasteiger partial charge on any atom is -0.324 e. The van der Waals surface area contributed by atoms with Crippen LogP contribution in [0, 0.1) is 13.8 Å². The molecule has 0 fully saturated rings. The molecule has 0 unspecified atom stereocenters. The summed E-state index contributed by atoms with van der Waals surface area (Å²) in [5, 5.41) is 0. The van der Waals surface area contributed by atoms with Crippen LogP contribution in [0.5, 0.6) is 0 Å². The van der Waals surface area contributed by atoms with Crippen molar-refractivity contribution in [3.05, 3.63) is 34.4 Å². The predicted octanol–water partition coefficient (Wildman–Crippen LogP) is 2.74. The first-order valence-electron chi connectivity index (χ1n) is 5.62. The van der Waals surface area contributed by atoms with Crippen LogP contribution in [0.4, 0.5) is 0 Å². The summed E-state index contributed by atoms with van der Waals surface area (Å²) in [5.74, 6) is 0.0236. The van der Waals surface area contributed by atoms with E-state index in [-0.39, 0.29) is 17.7 Å². The maximum atomic E-state index is 11.7. The van der Waals surface area contributed by atoms with Gasteiger partial charge in [0.2, 0.25) is 0 Å². The second-order valence-corrected chi connectivity index (χ2v) is 5.36. The number of ketones is 1. The smallest absolute Gasteiger partial charge is 0.176 e. The Hall–Kier alpha value is -1.15. The van der Waals surface area contributed by atoms with Gasteiger partial charge in [0, 0.05) is 5.56 Å². The number of Topliss-reactive ketones (excluding diaryl/α,β-unsaturated/α-hetero) is 1. The summed E-state index contributed by atoms with van der Waals surface area (Å²) in [4.78, 5) is 11.7. The molecule has 0 aliphatic carbocycles. The zero-order chi connectivity index (χ0) is 12.5. The number of hydrogen-bond acceptors (Lipinski definition) is 2. The van der Waals surface area contributed by atoms with Crippen molar-refractivity contribution in [1.82, 2.24) is 0 Å². The average Bonchev–Trinajstić information content (AvgIpc) is 2.14. The van der Waals surface area contributed by atoms with E-state index < -0.39 is 0 Å². The van der Waals surface area contributed by atoms with Gasteiger partial charge in [0.15, 0.2) is 5.78 Å². The molecule has 88 valence electrons. The van der Waals surface area contributed by atoms with Gasteiger partial charge in [0.25, 0.3) is 0 Å². The lowest BCUT2D eigenvalue weighted by Crippen LogP contribution is -2.18. The lowest BCUT2D eigenvalue weighted by molar-refractivity contribution is 0.1000. The van der Waals surface area contributed by atoms with Crippen LogP contribution in [0.25, 0.3) is 0 Å². The van der Waals surface area contributed by atoms with Gasteiger partial charge in [0.05, 0.1) is 6.54 Å². The zero-order valence-electron chi connectivity index (χ0n) is 10.8. The van der Waals surface area contributed by atoms with E-state index in [0.717, 1.165) is 16.7 Å². The molecule has 0 aromatic heterocycles. The van der Waals surface area contributed by atoms with E-state index in [1.54, 1.807) is 0 Å². The first kappa shape index (κ1) is 12.9. The number of carbonyl (C=O) groups excluding carboxylic acids is 1. The number of benzene rings is 1. The van der Waals surface area contributed by atoms with Crippen molar-refractivity contribution < 1.29 is 4.79 Å². The molecule has 0 atom stereocenters. The zero-order valence-corrected chi connectivity index (χ0v) is 10.8. The maximum absolute atomic E-state index is 11.7. The first-order valence-corrected chi connectivity index (χ1v) is 5.62. The third-order valence-corrected chi connectivity index (χ3v) is 2.86. The van der Waals surface area contributed by atoms with Gasteiger partial charge < -0.3 is 5.73 Å². The highest BCUT2D eigenvalue weighted by Crippen LogP contribution is 2.26. The molecule has 0 saturated carbocycles. The Kier molecular flexibility index (Phi) is 3.54. The van der Waals surface area contributed by atoms with Crippen molar-refractivity contribution in [3.8, 4) is 0 Å². The largest absolute Gasteiger partial charge is 0.324 e. The fraction of sp³-hybridized carbons (Fsp3) is 0.500. The number of rotatable bonds is 2. The number of aryl methyl sites for hydroxylation is 2. The van der Waals surface area contributed by atoms with Crippen molar-refractivity contribution in [2.24, 2.45) is 5.73 Å². The van der Waals surface area contributed by atoms with Crippen molar-refractivity contribution >= 4 is 5.78 Å². The van der Waals surface area contributed by atoms with Gasteiger partial charge in [-0.25, -0.2) is 0 Å². The summed E-state index contributed by atoms with van der Waals surface area (Å²) in [6, 6.07) is 4.19. The molecule has 1 aromatic rings. The van der Waals surface area contributed by atoms with E-state index in [4.69, 9.17) is 5.73 Å². The van der Waals surface area contributed by atoms with Gasteiger partial charge >= 0.3 is 0 Å². The van der Waals surface area contributed by atoms with Gasteiger partial charge in [-0.15, -0.1) is 0 Å². The van der Waals surface area contributed by atoms with Gasteiger partial charge in [-0.3, -0.25) is 4.79 Å². The molecule has 0 saturated heterocycles. The van der Waals surface area contributed by atoms with Gasteiger partial charge in [0.1, 0.15) is 0 Å². The molecule has 16 heavy (non-hydrogen) atoms. The molecule has 0 amide bonds. The average molecular weight is 219 g/mol. The summed E-state index contributed by atoms with van der Waals surface area (Å²) in [6.07, 6.45) is 0. The molecule has 2 N–H and O–H groups in total. The molecular formula is C14H21NO. The number of nitrogens with two attached hydrogens (primary N) is 1. The van der Waals surface area contributed by atoms with Crippen molar-refractivity contribution in [3.63, 3.8) is 0 Å². The summed E-state index contributed by atoms with van der Waals surface area (Å²) < 4.78 is 0. The lowest BCUT2D eigenvalue weighted by atomic mass is 9.83. The minimum atomic E-state index is 0.0236. The molecule has 1 aromatic carbocycles. The van der Waals surface area contributed by atoms with Crippen LogP contribution in [0.2, 0.25) is 0 Å². The van der Waals surface area contributed by atoms with Gasteiger partial charge in [-0.1, -0.05) is 32.9 Å². The van der Waals surface area contributed by atoms with Crippen LogP contribution in [-0.2, 0) is 5.41 Å². The standard InChI is InChI=1S/C14H21NO/c1-9-6-11(14(3,4)5)7-10(2)13(9)12(16)8-15/h6-7H,8,15H2,1-5H3. The Balaban J connectivity index is 3.34. The topological polar surface area (TPSA) is 43.1 Å². The highest BCUT2D eigenvalue weighted by molar-refractivity contribution is 6.00. The fourth-order valence-electron chi connectivity index (χ4n) is 1.94. The molecule has 2 heteroatoms. The highest BCUT2D eigenvalue weighted by atomic mass is 16.1. The van der Waals surface area contributed by atoms with Crippen LogP contribution in [0.15, 0.2) is 12.1 Å². The maximum Gasteiger partial charge on any atom is 0.176 e. The second-order valence-electron chi connectivity index (χ2n) is 5.36. The molecule has 0 heterocycles. The summed E-state index contributed by atoms with van der Waals surface area (Å²) in [5.41, 5.74) is 9.63. The third kappa shape index (κ3) is 2.50. The summed E-state index contributed by atoms with van der Waals surface area (Å²) in [7, 11) is 0. The Bertz CT molecular complexity index is 390. The van der Waals surface area contributed by atoms with E-state index in [9.17, 15) is 4.79 Å². The molecule has 0 aliphatic heterocycles. The number of carbonyl (C=O) groups is 1. The van der Waals surface area contributed by atoms with Crippen molar-refractivity contribution in [2.45, 2.75) is 40.0 Å². The Labute approximate surface area is 97.9 Å². The van der Waals surface area contributed by atoms with Gasteiger partial charge in [-0.2, -0.15) is 0 Å². The number of hydrogen-bond donors (Lipinski definition) is 1. The first-order chi connectivity index (χ1) is 7.27. The van der Waals surface area contributed by atoms with Crippen molar-refractivity contribution in [1.29, 1.82) is 0 Å². The molecule has 2 nitrogen and oxygen atoms in total. The minimum absolute atomic E-state index is 0.0236. The monoisotopic (exact) mass is 219 g/mol. The Morgan fingerprint density at radius 3 is 1.94 bits per heavy atom. The molecule has 0 spiro atoms. The lowest BCUT2D eigenvalue weighted by Gasteiger charge is -2.22. The Morgan fingerprint density at radius 2 is 1.62 bits per heavy atom. The van der Waals surface area contributed by atoms with E-state index in [1.165, 1.54) is 5.56 Å². The second kappa shape index (κ2) is 4.38. The van der Waals surface area contributed by atoms with E-state index in [2.05, 4.69) is 32.9 Å². The molecule has 0 bridgehead atoms. The van der Waals surface area contributed by atoms with Crippen molar-refractivity contribution in [2.75, 3.05) is 6.54 Å². The molecule has 0 aliphatic rings. The van der Waals surface area contributed by atoms with Crippen LogP contribution in [-0.4, -0.2) is 12.3 Å². The van der Waals surface area contributed by atoms with Crippen LogP contribution >= 0.6 is 0 Å². The summed E-state index contributed by atoms with van der Waals surface area (Å²) >= 11 is 0.